The van der Waals surface area contributed by atoms with Gasteiger partial charge in [0.15, 0.2) is 0 Å². The van der Waals surface area contributed by atoms with Crippen LogP contribution in [0.4, 0.5) is 28.4 Å². The van der Waals surface area contributed by atoms with Crippen LogP contribution in [0.25, 0.3) is 28.0 Å². The minimum absolute atomic E-state index is 0.217. The smallest absolute Gasteiger partial charge is 0.414 e. The quantitative estimate of drug-likeness (QED) is 0.345. The number of imidazole rings is 1. The number of carbonyl (C=O) groups is 3. The molecule has 37 heavy (non-hydrogen) atoms. The molecule has 12 heteroatoms. The fourth-order valence-corrected chi connectivity index (χ4v) is 3.60. The number of pyridine rings is 1. The molecule has 2 aromatic carbocycles. The molecule has 190 valence electrons. The van der Waals surface area contributed by atoms with Crippen LogP contribution in [0.2, 0.25) is 0 Å². The molecule has 0 aliphatic carbocycles. The number of hydrogen-bond donors (Lipinski definition) is 3. The zero-order valence-electron chi connectivity index (χ0n) is 19.3. The highest BCUT2D eigenvalue weighted by molar-refractivity contribution is 6.02. The normalized spacial score (nSPS) is 11.2. The molecule has 3 N–H and O–H groups in total. The Hall–Kier alpha value is -4.87. The lowest BCUT2D eigenvalue weighted by molar-refractivity contribution is -0.122. The van der Waals surface area contributed by atoms with Crippen molar-refractivity contribution in [1.29, 1.82) is 0 Å². The van der Waals surface area contributed by atoms with Gasteiger partial charge < -0.3 is 15.7 Å². The maximum atomic E-state index is 12.4. The van der Waals surface area contributed by atoms with E-state index in [1.807, 2.05) is 0 Å². The summed E-state index contributed by atoms with van der Waals surface area (Å²) in [5, 5.41) is 13.2. The van der Waals surface area contributed by atoms with Gasteiger partial charge in [0.05, 0.1) is 11.9 Å². The molecule has 9 nitrogen and oxygen atoms in total. The molecule has 0 bridgehead atoms. The van der Waals surface area contributed by atoms with E-state index in [1.165, 1.54) is 13.1 Å². The summed E-state index contributed by atoms with van der Waals surface area (Å²) in [6, 6.07) is 15.8. The van der Waals surface area contributed by atoms with Crippen molar-refractivity contribution in [3.05, 3.63) is 78.6 Å². The molecular formula is C25H20F3N5O4. The van der Waals surface area contributed by atoms with Crippen LogP contribution in [-0.2, 0) is 0 Å². The first-order valence-corrected chi connectivity index (χ1v) is 10.8. The van der Waals surface area contributed by atoms with E-state index < -0.39 is 30.8 Å². The number of carboxylic acid groups (broad SMARTS) is 1. The average Bonchev–Trinajstić information content (AvgIpc) is 3.30. The molecule has 2 aromatic heterocycles. The fourth-order valence-electron chi connectivity index (χ4n) is 3.60. The Balaban J connectivity index is 1.57. The van der Waals surface area contributed by atoms with E-state index in [0.29, 0.717) is 33.1 Å². The number of aromatic nitrogens is 2. The van der Waals surface area contributed by atoms with Gasteiger partial charge in [0.1, 0.15) is 12.2 Å². The number of nitrogens with zero attached hydrogens (tertiary/aromatic N) is 3. The van der Waals surface area contributed by atoms with E-state index in [4.69, 9.17) is 5.11 Å². The van der Waals surface area contributed by atoms with Crippen LogP contribution in [0, 0.1) is 0 Å². The topological polar surface area (TPSA) is 116 Å². The number of imide groups is 1. The monoisotopic (exact) mass is 511 g/mol. The van der Waals surface area contributed by atoms with E-state index in [1.54, 1.807) is 76.7 Å². The SMILES string of the molecule is CN(C(=O)O)C(=O)c1cccc(-c2ccn3c(-c4cccc(NC(=O)NCC(F)(F)F)c4)cnc3c2)c1. The van der Waals surface area contributed by atoms with Crippen LogP contribution in [0.1, 0.15) is 10.4 Å². The zero-order chi connectivity index (χ0) is 26.7. The van der Waals surface area contributed by atoms with Crippen molar-refractivity contribution >= 4 is 29.4 Å². The molecule has 0 spiro atoms. The predicted octanol–water partition coefficient (Wildman–Crippen LogP) is 5.10. The molecule has 4 amide bonds. The first-order valence-electron chi connectivity index (χ1n) is 10.8. The largest absolute Gasteiger partial charge is 0.465 e. The number of anilines is 1. The molecule has 4 rings (SSSR count). The number of urea groups is 1. The van der Waals surface area contributed by atoms with E-state index in [9.17, 15) is 27.6 Å². The molecular weight excluding hydrogens is 491 g/mol. The summed E-state index contributed by atoms with van der Waals surface area (Å²) in [5.41, 5.74) is 3.87. The van der Waals surface area contributed by atoms with E-state index in [2.05, 4.69) is 10.3 Å². The lowest BCUT2D eigenvalue weighted by Gasteiger charge is -2.12. The summed E-state index contributed by atoms with van der Waals surface area (Å²) in [5.74, 6) is -0.654. The molecule has 0 atom stereocenters. The van der Waals surface area contributed by atoms with Crippen LogP contribution in [-0.4, -0.2) is 57.2 Å². The van der Waals surface area contributed by atoms with Crippen LogP contribution >= 0.6 is 0 Å². The summed E-state index contributed by atoms with van der Waals surface area (Å²) in [6.45, 7) is -1.44. The van der Waals surface area contributed by atoms with E-state index >= 15 is 0 Å². The van der Waals surface area contributed by atoms with Crippen molar-refractivity contribution < 1.29 is 32.7 Å². The van der Waals surface area contributed by atoms with Gasteiger partial charge in [-0.05, 0) is 47.5 Å². The Morgan fingerprint density at radius 1 is 1.00 bits per heavy atom. The number of benzene rings is 2. The van der Waals surface area contributed by atoms with Gasteiger partial charge in [0.25, 0.3) is 5.91 Å². The molecule has 0 saturated carbocycles. The summed E-state index contributed by atoms with van der Waals surface area (Å²) in [6.07, 6.45) is -2.49. The molecule has 0 aliphatic rings. The fraction of sp³-hybridized carbons (Fsp3) is 0.120. The molecule has 4 aromatic rings. The van der Waals surface area contributed by atoms with Crippen molar-refractivity contribution in [2.75, 3.05) is 18.9 Å². The average molecular weight is 511 g/mol. The van der Waals surface area contributed by atoms with Crippen LogP contribution < -0.4 is 10.6 Å². The van der Waals surface area contributed by atoms with E-state index in [-0.39, 0.29) is 5.56 Å². The second-order valence-corrected chi connectivity index (χ2v) is 8.02. The third kappa shape index (κ3) is 5.86. The van der Waals surface area contributed by atoms with Crippen molar-refractivity contribution in [1.82, 2.24) is 19.6 Å². The molecule has 0 aliphatic heterocycles. The number of amides is 4. The van der Waals surface area contributed by atoms with Crippen LogP contribution in [0.5, 0.6) is 0 Å². The highest BCUT2D eigenvalue weighted by atomic mass is 19.4. The van der Waals surface area contributed by atoms with Gasteiger partial charge in [-0.2, -0.15) is 13.2 Å². The maximum Gasteiger partial charge on any atom is 0.414 e. The molecule has 0 saturated heterocycles. The Morgan fingerprint density at radius 2 is 1.70 bits per heavy atom. The second kappa shape index (κ2) is 10.0. The van der Waals surface area contributed by atoms with Crippen molar-refractivity contribution in [2.45, 2.75) is 6.18 Å². The highest BCUT2D eigenvalue weighted by Gasteiger charge is 2.27. The van der Waals surface area contributed by atoms with Gasteiger partial charge in [0.2, 0.25) is 0 Å². The maximum absolute atomic E-state index is 12.4. The van der Waals surface area contributed by atoms with Gasteiger partial charge in [-0.15, -0.1) is 0 Å². The minimum atomic E-state index is -4.51. The van der Waals surface area contributed by atoms with Crippen molar-refractivity contribution in [3.8, 4) is 22.4 Å². The number of fused-ring (bicyclic) bond motifs is 1. The van der Waals surface area contributed by atoms with Gasteiger partial charge in [-0.25, -0.2) is 19.5 Å². The van der Waals surface area contributed by atoms with Crippen molar-refractivity contribution in [2.24, 2.45) is 0 Å². The highest BCUT2D eigenvalue weighted by Crippen LogP contribution is 2.27. The Labute approximate surface area is 208 Å². The number of carbonyl (C=O) groups excluding carboxylic acids is 2. The third-order valence-electron chi connectivity index (χ3n) is 5.41. The summed E-state index contributed by atoms with van der Waals surface area (Å²) in [7, 11) is 1.18. The Morgan fingerprint density at radius 3 is 2.43 bits per heavy atom. The summed E-state index contributed by atoms with van der Waals surface area (Å²) >= 11 is 0. The van der Waals surface area contributed by atoms with Crippen LogP contribution in [0.15, 0.2) is 73.1 Å². The number of hydrogen-bond acceptors (Lipinski definition) is 4. The predicted molar refractivity (Wildman–Crippen MR) is 129 cm³/mol. The standard InChI is InChI=1S/C25H20F3N5O4/c1-32(24(36)37)22(34)18-6-2-4-15(10-18)16-8-9-33-20(13-29-21(33)12-16)17-5-3-7-19(11-17)31-23(35)30-14-25(26,27)28/h2-13H,14H2,1H3,(H,36,37)(H2,30,31,35). The van der Waals surface area contributed by atoms with Gasteiger partial charge in [-0.3, -0.25) is 9.20 Å². The number of rotatable bonds is 5. The number of halogens is 3. The Kier molecular flexibility index (Phi) is 6.83. The number of alkyl halides is 3. The minimum Gasteiger partial charge on any atom is -0.465 e. The molecule has 0 radical (unpaired) electrons. The van der Waals surface area contributed by atoms with E-state index in [0.717, 1.165) is 5.56 Å². The second-order valence-electron chi connectivity index (χ2n) is 8.02. The third-order valence-corrected chi connectivity index (χ3v) is 5.41. The molecule has 0 unspecified atom stereocenters. The zero-order valence-corrected chi connectivity index (χ0v) is 19.3. The first kappa shape index (κ1) is 25.2. The Bertz CT molecular complexity index is 1500. The summed E-state index contributed by atoms with van der Waals surface area (Å²) < 4.78 is 38.7. The lowest BCUT2D eigenvalue weighted by atomic mass is 10.0. The molecule has 2 heterocycles. The van der Waals surface area contributed by atoms with Gasteiger partial charge in [-0.1, -0.05) is 24.3 Å². The lowest BCUT2D eigenvalue weighted by Crippen LogP contribution is -2.36. The molecule has 0 fully saturated rings. The van der Waals surface area contributed by atoms with Crippen molar-refractivity contribution in [3.63, 3.8) is 0 Å². The van der Waals surface area contributed by atoms with Crippen LogP contribution in [0.3, 0.4) is 0 Å². The number of nitrogens with one attached hydrogen (secondary N) is 2. The first-order chi connectivity index (χ1) is 17.5. The van der Waals surface area contributed by atoms with Gasteiger partial charge >= 0.3 is 18.3 Å². The summed E-state index contributed by atoms with van der Waals surface area (Å²) in [4.78, 5) is 40.3. The van der Waals surface area contributed by atoms with Gasteiger partial charge in [0, 0.05) is 30.1 Å².